The Bertz CT molecular complexity index is 907. The highest BCUT2D eigenvalue weighted by Crippen LogP contribution is 2.37. The summed E-state index contributed by atoms with van der Waals surface area (Å²) in [5.74, 6) is 1.46. The third kappa shape index (κ3) is 3.21. The fourth-order valence-corrected chi connectivity index (χ4v) is 3.17. The van der Waals surface area contributed by atoms with E-state index in [0.717, 1.165) is 34.4 Å². The van der Waals surface area contributed by atoms with Crippen LogP contribution in [-0.2, 0) is 0 Å². The molecule has 2 radical (unpaired) electrons. The first-order valence-electron chi connectivity index (χ1n) is 7.86. The number of benzene rings is 2. The molecule has 0 saturated heterocycles. The summed E-state index contributed by atoms with van der Waals surface area (Å²) >= 11 is 12.3. The van der Waals surface area contributed by atoms with Gasteiger partial charge in [-0.25, -0.2) is 4.98 Å². The van der Waals surface area contributed by atoms with Gasteiger partial charge in [-0.15, -0.1) is 0 Å². The smallest absolute Gasteiger partial charge is 0.224 e. The van der Waals surface area contributed by atoms with Gasteiger partial charge in [-0.05, 0) is 60.7 Å². The molecule has 0 atom stereocenters. The van der Waals surface area contributed by atoms with Crippen LogP contribution >= 0.6 is 23.2 Å². The fourth-order valence-electron chi connectivity index (χ4n) is 2.83. The van der Waals surface area contributed by atoms with Crippen LogP contribution in [0.15, 0.2) is 42.5 Å². The van der Waals surface area contributed by atoms with Crippen LogP contribution in [-0.4, -0.2) is 24.4 Å². The Labute approximate surface area is 152 Å². The molecule has 0 spiro atoms. The summed E-state index contributed by atoms with van der Waals surface area (Å²) in [6.45, 7) is 0.883. The molecule has 0 N–H and O–H groups in total. The van der Waals surface area contributed by atoms with Crippen LogP contribution in [0, 0.1) is 5.92 Å². The van der Waals surface area contributed by atoms with Crippen LogP contribution in [0.1, 0.15) is 12.8 Å². The van der Waals surface area contributed by atoms with Crippen molar-refractivity contribution in [3.05, 3.63) is 52.8 Å². The molecular weight excluding hydrogens is 340 g/mol. The zero-order chi connectivity index (χ0) is 16.7. The minimum atomic E-state index is 0.212. The SMILES string of the molecule is [B]c1cccc(N(CC2CC2)c2nc(Cl)nc3cc(Cl)ccc23)c1. The molecule has 0 unspecified atom stereocenters. The number of nitrogens with zero attached hydrogens (tertiary/aromatic N) is 3. The third-order valence-corrected chi connectivity index (χ3v) is 4.59. The molecule has 3 nitrogen and oxygen atoms in total. The monoisotopic (exact) mass is 353 g/mol. The van der Waals surface area contributed by atoms with Crippen LogP contribution in [0.2, 0.25) is 10.3 Å². The van der Waals surface area contributed by atoms with Crippen LogP contribution in [0.25, 0.3) is 10.9 Å². The number of anilines is 2. The van der Waals surface area contributed by atoms with Crippen LogP contribution in [0.5, 0.6) is 0 Å². The summed E-state index contributed by atoms with van der Waals surface area (Å²) in [4.78, 5) is 11.0. The maximum atomic E-state index is 6.17. The minimum absolute atomic E-state index is 0.212. The van der Waals surface area contributed by atoms with E-state index < -0.39 is 0 Å². The van der Waals surface area contributed by atoms with E-state index in [1.54, 1.807) is 0 Å². The quantitative estimate of drug-likeness (QED) is 0.517. The van der Waals surface area contributed by atoms with E-state index in [9.17, 15) is 0 Å². The first-order valence-corrected chi connectivity index (χ1v) is 8.61. The van der Waals surface area contributed by atoms with Gasteiger partial charge in [-0.2, -0.15) is 4.98 Å². The van der Waals surface area contributed by atoms with Crippen molar-refractivity contribution in [2.45, 2.75) is 12.8 Å². The molecule has 6 heteroatoms. The lowest BCUT2D eigenvalue weighted by Gasteiger charge is -2.25. The summed E-state index contributed by atoms with van der Waals surface area (Å²) in [5.41, 5.74) is 2.47. The van der Waals surface area contributed by atoms with Crippen molar-refractivity contribution < 1.29 is 0 Å². The van der Waals surface area contributed by atoms with Gasteiger partial charge in [-0.1, -0.05) is 29.2 Å². The molecule has 1 fully saturated rings. The largest absolute Gasteiger partial charge is 0.325 e. The van der Waals surface area contributed by atoms with E-state index in [4.69, 9.17) is 31.0 Å². The molecule has 118 valence electrons. The van der Waals surface area contributed by atoms with Crippen molar-refractivity contribution in [3.8, 4) is 0 Å². The fraction of sp³-hybridized carbons (Fsp3) is 0.222. The molecule has 3 aromatic rings. The van der Waals surface area contributed by atoms with Gasteiger partial charge in [0.15, 0.2) is 0 Å². The number of hydrogen-bond acceptors (Lipinski definition) is 3. The van der Waals surface area contributed by atoms with Gasteiger partial charge in [0, 0.05) is 22.6 Å². The molecule has 1 heterocycles. The number of fused-ring (bicyclic) bond motifs is 1. The highest BCUT2D eigenvalue weighted by molar-refractivity contribution is 6.32. The van der Waals surface area contributed by atoms with Crippen molar-refractivity contribution in [1.29, 1.82) is 0 Å². The Morgan fingerprint density at radius 2 is 1.92 bits per heavy atom. The molecule has 24 heavy (non-hydrogen) atoms. The first kappa shape index (κ1) is 15.7. The van der Waals surface area contributed by atoms with Crippen molar-refractivity contribution in [3.63, 3.8) is 0 Å². The number of halogens is 2. The lowest BCUT2D eigenvalue weighted by Crippen LogP contribution is -2.23. The predicted octanol–water partition coefficient (Wildman–Crippen LogP) is 4.28. The van der Waals surface area contributed by atoms with Gasteiger partial charge in [0.25, 0.3) is 0 Å². The zero-order valence-corrected chi connectivity index (χ0v) is 14.4. The summed E-state index contributed by atoms with van der Waals surface area (Å²) in [6.07, 6.45) is 2.47. The second-order valence-corrected chi connectivity index (χ2v) is 6.90. The molecule has 0 bridgehead atoms. The predicted molar refractivity (Wildman–Crippen MR) is 101 cm³/mol. The summed E-state index contributed by atoms with van der Waals surface area (Å²) < 4.78 is 0. The van der Waals surface area contributed by atoms with Gasteiger partial charge >= 0.3 is 0 Å². The van der Waals surface area contributed by atoms with Gasteiger partial charge in [0.2, 0.25) is 5.28 Å². The van der Waals surface area contributed by atoms with Crippen LogP contribution < -0.4 is 10.4 Å². The molecule has 1 aromatic heterocycles. The molecule has 2 aromatic carbocycles. The molecule has 1 aliphatic carbocycles. The van der Waals surface area contributed by atoms with Crippen LogP contribution in [0.3, 0.4) is 0 Å². The Kier molecular flexibility index (Phi) is 4.11. The average molecular weight is 354 g/mol. The second-order valence-electron chi connectivity index (χ2n) is 6.13. The van der Waals surface area contributed by atoms with E-state index in [1.165, 1.54) is 12.8 Å². The second kappa shape index (κ2) is 6.27. The van der Waals surface area contributed by atoms with Gasteiger partial charge < -0.3 is 4.90 Å². The summed E-state index contributed by atoms with van der Waals surface area (Å²) in [5, 5.41) is 1.76. The highest BCUT2D eigenvalue weighted by atomic mass is 35.5. The molecule has 1 aliphatic rings. The molecular formula is C18H14BCl2N3. The first-order chi connectivity index (χ1) is 11.6. The number of hydrogen-bond donors (Lipinski definition) is 0. The Hall–Kier alpha value is -1.78. The highest BCUT2D eigenvalue weighted by Gasteiger charge is 2.27. The zero-order valence-electron chi connectivity index (χ0n) is 12.9. The van der Waals surface area contributed by atoms with E-state index in [1.807, 2.05) is 42.5 Å². The van der Waals surface area contributed by atoms with E-state index in [2.05, 4.69) is 14.9 Å². The molecule has 4 rings (SSSR count). The standard InChI is InChI=1S/C18H14BCl2N3/c19-12-2-1-3-14(8-12)24(10-11-4-5-11)17-15-7-6-13(20)9-16(15)22-18(21)23-17/h1-3,6-9,11H,4-5,10H2. The molecule has 0 aliphatic heterocycles. The number of aromatic nitrogens is 2. The third-order valence-electron chi connectivity index (χ3n) is 4.19. The van der Waals surface area contributed by atoms with E-state index in [-0.39, 0.29) is 5.28 Å². The summed E-state index contributed by atoms with van der Waals surface area (Å²) in [6, 6.07) is 13.4. The van der Waals surface area contributed by atoms with Crippen molar-refractivity contribution >= 4 is 58.9 Å². The topological polar surface area (TPSA) is 29.0 Å². The van der Waals surface area contributed by atoms with E-state index in [0.29, 0.717) is 10.9 Å². The van der Waals surface area contributed by atoms with Crippen molar-refractivity contribution in [2.75, 3.05) is 11.4 Å². The van der Waals surface area contributed by atoms with Crippen molar-refractivity contribution in [2.24, 2.45) is 5.92 Å². The van der Waals surface area contributed by atoms with Gasteiger partial charge in [-0.3, -0.25) is 0 Å². The Morgan fingerprint density at radius 3 is 2.67 bits per heavy atom. The van der Waals surface area contributed by atoms with Crippen molar-refractivity contribution in [1.82, 2.24) is 9.97 Å². The van der Waals surface area contributed by atoms with Crippen LogP contribution in [0.4, 0.5) is 11.5 Å². The summed E-state index contributed by atoms with van der Waals surface area (Å²) in [7, 11) is 5.98. The van der Waals surface area contributed by atoms with Gasteiger partial charge in [0.1, 0.15) is 13.7 Å². The van der Waals surface area contributed by atoms with Gasteiger partial charge in [0.05, 0.1) is 5.52 Å². The average Bonchev–Trinajstić information content (AvgIpc) is 3.35. The Morgan fingerprint density at radius 1 is 1.08 bits per heavy atom. The lowest BCUT2D eigenvalue weighted by atomic mass is 9.95. The maximum Gasteiger partial charge on any atom is 0.224 e. The maximum absolute atomic E-state index is 6.17. The Balaban J connectivity index is 1.90. The lowest BCUT2D eigenvalue weighted by molar-refractivity contribution is 0.806. The van der Waals surface area contributed by atoms with E-state index >= 15 is 0 Å². The molecule has 1 saturated carbocycles. The normalized spacial score (nSPS) is 14.1. The molecule has 0 amide bonds. The minimum Gasteiger partial charge on any atom is -0.325 e. The number of rotatable bonds is 4.